The minimum atomic E-state index is -4.66. The number of rotatable bonds is 4. The van der Waals surface area contributed by atoms with Crippen molar-refractivity contribution in [1.29, 1.82) is 0 Å². The molecule has 1 saturated heterocycles. The highest BCUT2D eigenvalue weighted by Crippen LogP contribution is 2.40. The number of aromatic hydroxyl groups is 1. The van der Waals surface area contributed by atoms with E-state index in [1.165, 1.54) is 31.0 Å². The Morgan fingerprint density at radius 1 is 1.11 bits per heavy atom. The third-order valence-electron chi connectivity index (χ3n) is 6.96. The van der Waals surface area contributed by atoms with E-state index in [2.05, 4.69) is 4.98 Å². The minimum Gasteiger partial charge on any atom is -0.506 e. The van der Waals surface area contributed by atoms with Crippen LogP contribution < -0.4 is 0 Å². The van der Waals surface area contributed by atoms with Gasteiger partial charge < -0.3 is 10.0 Å². The summed E-state index contributed by atoms with van der Waals surface area (Å²) in [5.74, 6) is -1.04. The Morgan fingerprint density at radius 2 is 1.78 bits per heavy atom. The van der Waals surface area contributed by atoms with Gasteiger partial charge in [0.15, 0.2) is 9.84 Å². The van der Waals surface area contributed by atoms with Crippen LogP contribution in [-0.2, 0) is 16.0 Å². The molecule has 1 aliphatic rings. The average molecular weight is 541 g/mol. The van der Waals surface area contributed by atoms with E-state index in [1.54, 1.807) is 18.2 Å². The molecule has 1 fully saturated rings. The molecular formula is C25H24ClF3N2O4S. The number of alkyl halides is 3. The molecule has 4 rings (SSSR count). The van der Waals surface area contributed by atoms with Gasteiger partial charge in [0.1, 0.15) is 11.3 Å². The molecule has 6 nitrogen and oxygen atoms in total. The molecule has 0 saturated carbocycles. The van der Waals surface area contributed by atoms with Crippen LogP contribution in [0.3, 0.4) is 0 Å². The number of nitrogens with zero attached hydrogens (tertiary/aromatic N) is 2. The fourth-order valence-electron chi connectivity index (χ4n) is 4.62. The van der Waals surface area contributed by atoms with Gasteiger partial charge in [-0.1, -0.05) is 17.7 Å². The maximum Gasteiger partial charge on any atom is 0.416 e. The minimum absolute atomic E-state index is 0.0270. The summed E-state index contributed by atoms with van der Waals surface area (Å²) in [6.45, 7) is 3.47. The lowest BCUT2D eigenvalue weighted by atomic mass is 9.85. The Balaban J connectivity index is 1.52. The monoisotopic (exact) mass is 540 g/mol. The summed E-state index contributed by atoms with van der Waals surface area (Å²) in [5.41, 5.74) is -0.554. The van der Waals surface area contributed by atoms with Gasteiger partial charge in [0.25, 0.3) is 5.91 Å². The molecule has 0 radical (unpaired) electrons. The van der Waals surface area contributed by atoms with Gasteiger partial charge >= 0.3 is 6.18 Å². The lowest BCUT2D eigenvalue weighted by molar-refractivity contribution is -0.137. The van der Waals surface area contributed by atoms with E-state index in [0.717, 1.165) is 12.1 Å². The van der Waals surface area contributed by atoms with Crippen LogP contribution in [0.1, 0.15) is 42.6 Å². The normalized spacial score (nSPS) is 15.9. The molecule has 192 valence electrons. The molecule has 1 N–H and O–H groups in total. The zero-order valence-electron chi connectivity index (χ0n) is 19.5. The Morgan fingerprint density at radius 3 is 2.42 bits per heavy atom. The molecule has 1 aliphatic heterocycles. The smallest absolute Gasteiger partial charge is 0.416 e. The van der Waals surface area contributed by atoms with E-state index in [-0.39, 0.29) is 29.3 Å². The number of halogens is 4. The summed E-state index contributed by atoms with van der Waals surface area (Å²) >= 11 is 5.95. The number of carbonyl (C=O) groups excluding carboxylic acids is 1. The van der Waals surface area contributed by atoms with E-state index in [0.29, 0.717) is 34.8 Å². The van der Waals surface area contributed by atoms with Gasteiger partial charge in [-0.05, 0) is 69.0 Å². The fraction of sp³-hybridized carbons (Fsp3) is 0.360. The molecule has 2 heterocycles. The maximum absolute atomic E-state index is 13.4. The van der Waals surface area contributed by atoms with Crippen LogP contribution >= 0.6 is 11.6 Å². The Kier molecular flexibility index (Phi) is 6.72. The van der Waals surface area contributed by atoms with Gasteiger partial charge in [-0.25, -0.2) is 8.42 Å². The first-order chi connectivity index (χ1) is 16.7. The first kappa shape index (κ1) is 26.2. The average Bonchev–Trinajstić information content (AvgIpc) is 2.83. The SMILES string of the molecule is CC(C)(C1CCN(C(=O)c2cnc3cc(Cl)ccc3c2O)CC1)S(=O)(=O)c1cccc(C(F)(F)F)c1. The molecule has 1 aromatic heterocycles. The highest BCUT2D eigenvalue weighted by atomic mass is 35.5. The van der Waals surface area contributed by atoms with Crippen LogP contribution in [0, 0.1) is 5.92 Å². The van der Waals surface area contributed by atoms with Crippen LogP contribution in [0.2, 0.25) is 5.02 Å². The lowest BCUT2D eigenvalue weighted by Gasteiger charge is -2.40. The second kappa shape index (κ2) is 9.23. The highest BCUT2D eigenvalue weighted by Gasteiger charge is 2.45. The fourth-order valence-corrected chi connectivity index (χ4v) is 6.61. The molecular weight excluding hydrogens is 517 g/mol. The first-order valence-electron chi connectivity index (χ1n) is 11.2. The Hall–Kier alpha value is -2.85. The van der Waals surface area contributed by atoms with Crippen LogP contribution in [0.4, 0.5) is 13.2 Å². The van der Waals surface area contributed by atoms with Gasteiger partial charge in [-0.2, -0.15) is 13.2 Å². The van der Waals surface area contributed by atoms with E-state index in [9.17, 15) is 31.5 Å². The molecule has 0 bridgehead atoms. The number of hydrogen-bond acceptors (Lipinski definition) is 5. The van der Waals surface area contributed by atoms with Gasteiger partial charge in [0, 0.05) is 29.7 Å². The number of aromatic nitrogens is 1. The van der Waals surface area contributed by atoms with Crippen molar-refractivity contribution in [2.75, 3.05) is 13.1 Å². The summed E-state index contributed by atoms with van der Waals surface area (Å²) in [4.78, 5) is 18.5. The number of likely N-dealkylation sites (tertiary alicyclic amines) is 1. The second-order valence-corrected chi connectivity index (χ2v) is 12.3. The van der Waals surface area contributed by atoms with Gasteiger partial charge in [-0.15, -0.1) is 0 Å². The van der Waals surface area contributed by atoms with Crippen molar-refractivity contribution in [2.45, 2.75) is 42.5 Å². The summed E-state index contributed by atoms with van der Waals surface area (Å²) in [7, 11) is -4.11. The maximum atomic E-state index is 13.4. The molecule has 2 aromatic carbocycles. The predicted octanol–water partition coefficient (Wildman–Crippen LogP) is 5.72. The number of amides is 1. The van der Waals surface area contributed by atoms with Gasteiger partial charge in [0.05, 0.1) is 20.7 Å². The van der Waals surface area contributed by atoms with E-state index < -0.39 is 38.1 Å². The summed E-state index contributed by atoms with van der Waals surface area (Å²) in [6.07, 6.45) is -2.72. The third-order valence-corrected chi connectivity index (χ3v) is 9.79. The van der Waals surface area contributed by atoms with Gasteiger partial charge in [-0.3, -0.25) is 9.78 Å². The number of piperidine rings is 1. The van der Waals surface area contributed by atoms with Crippen LogP contribution in [0.15, 0.2) is 53.6 Å². The lowest BCUT2D eigenvalue weighted by Crippen LogP contribution is -2.47. The summed E-state index contributed by atoms with van der Waals surface area (Å²) in [5, 5.41) is 11.5. The van der Waals surface area contributed by atoms with E-state index >= 15 is 0 Å². The standard InChI is InChI=1S/C25H24ClF3N2O4S/c1-24(2,36(34,35)18-5-3-4-16(12-18)25(27,28)29)15-8-10-31(11-9-15)23(33)20-14-30-21-13-17(26)6-7-19(21)22(20)32/h3-7,12-15H,8-11H2,1-2H3,(H,30,32). The third kappa shape index (κ3) is 4.64. The quantitative estimate of drug-likeness (QED) is 0.457. The molecule has 3 aromatic rings. The van der Waals surface area contributed by atoms with E-state index in [4.69, 9.17) is 11.6 Å². The number of hydrogen-bond donors (Lipinski definition) is 1. The zero-order valence-corrected chi connectivity index (χ0v) is 21.1. The summed E-state index contributed by atoms with van der Waals surface area (Å²) in [6, 6.07) is 8.49. The molecule has 1 amide bonds. The second-order valence-electron chi connectivity index (χ2n) is 9.38. The summed E-state index contributed by atoms with van der Waals surface area (Å²) < 4.78 is 64.8. The number of benzene rings is 2. The van der Waals surface area contributed by atoms with Crippen LogP contribution in [-0.4, -0.2) is 47.2 Å². The zero-order chi connectivity index (χ0) is 26.5. The molecule has 36 heavy (non-hydrogen) atoms. The Bertz CT molecular complexity index is 1430. The number of carbonyl (C=O) groups is 1. The van der Waals surface area contributed by atoms with Crippen molar-refractivity contribution >= 4 is 38.2 Å². The van der Waals surface area contributed by atoms with Crippen molar-refractivity contribution in [2.24, 2.45) is 5.92 Å². The molecule has 11 heteroatoms. The van der Waals surface area contributed by atoms with Crippen molar-refractivity contribution in [3.8, 4) is 5.75 Å². The largest absolute Gasteiger partial charge is 0.506 e. The number of sulfone groups is 1. The molecule has 0 unspecified atom stereocenters. The van der Waals surface area contributed by atoms with Crippen molar-refractivity contribution in [1.82, 2.24) is 9.88 Å². The Labute approximate surface area is 211 Å². The van der Waals surface area contributed by atoms with Gasteiger partial charge in [0.2, 0.25) is 0 Å². The molecule has 0 atom stereocenters. The van der Waals surface area contributed by atoms with Crippen molar-refractivity contribution in [3.05, 3.63) is 64.8 Å². The first-order valence-corrected chi connectivity index (χ1v) is 13.1. The number of pyridine rings is 1. The van der Waals surface area contributed by atoms with Crippen LogP contribution in [0.5, 0.6) is 5.75 Å². The van der Waals surface area contributed by atoms with Crippen LogP contribution in [0.25, 0.3) is 10.9 Å². The van der Waals surface area contributed by atoms with Crippen molar-refractivity contribution in [3.63, 3.8) is 0 Å². The topological polar surface area (TPSA) is 87.6 Å². The highest BCUT2D eigenvalue weighted by molar-refractivity contribution is 7.92. The predicted molar refractivity (Wildman–Crippen MR) is 130 cm³/mol. The molecule has 0 spiro atoms. The van der Waals surface area contributed by atoms with Crippen molar-refractivity contribution < 1.29 is 31.5 Å². The van der Waals surface area contributed by atoms with E-state index in [1.807, 2.05) is 0 Å². The number of fused-ring (bicyclic) bond motifs is 1. The molecule has 0 aliphatic carbocycles.